The third-order valence-electron chi connectivity index (χ3n) is 4.63. The van der Waals surface area contributed by atoms with E-state index in [9.17, 15) is 9.59 Å². The van der Waals surface area contributed by atoms with Crippen LogP contribution in [0.1, 0.15) is 47.2 Å². The standard InChI is InChI=1S/C21H23N3O4/c1-27-18-11-10-16(12-19(18)28-17-4-2-3-5-17)20(23-24-21(22)26)15-8-6-14(13-25)7-9-15/h6-13,17H,2-5H2,1H3,(H3,22,24,26)/b23-20+. The highest BCUT2D eigenvalue weighted by atomic mass is 16.5. The SMILES string of the molecule is COc1ccc(/C(=N/NC(N)=O)c2ccc(C=O)cc2)cc1OC1CCCC1. The van der Waals surface area contributed by atoms with E-state index in [0.717, 1.165) is 43.1 Å². The van der Waals surface area contributed by atoms with Gasteiger partial charge in [0.05, 0.1) is 18.9 Å². The predicted molar refractivity (Wildman–Crippen MR) is 106 cm³/mol. The van der Waals surface area contributed by atoms with Gasteiger partial charge in [-0.05, 0) is 43.9 Å². The van der Waals surface area contributed by atoms with Crippen molar-refractivity contribution in [3.05, 3.63) is 59.2 Å². The maximum absolute atomic E-state index is 11.2. The number of nitrogens with zero attached hydrogens (tertiary/aromatic N) is 1. The van der Waals surface area contributed by atoms with E-state index in [2.05, 4.69) is 10.5 Å². The van der Waals surface area contributed by atoms with Crippen LogP contribution >= 0.6 is 0 Å². The number of urea groups is 1. The Morgan fingerprint density at radius 3 is 2.39 bits per heavy atom. The van der Waals surface area contributed by atoms with Crippen molar-refractivity contribution in [3.63, 3.8) is 0 Å². The first kappa shape index (κ1) is 19.4. The summed E-state index contributed by atoms with van der Waals surface area (Å²) in [6, 6.07) is 11.6. The van der Waals surface area contributed by atoms with E-state index in [1.54, 1.807) is 37.4 Å². The van der Waals surface area contributed by atoms with E-state index in [1.807, 2.05) is 12.1 Å². The van der Waals surface area contributed by atoms with Gasteiger partial charge in [-0.25, -0.2) is 10.2 Å². The van der Waals surface area contributed by atoms with Crippen molar-refractivity contribution in [1.29, 1.82) is 0 Å². The van der Waals surface area contributed by atoms with Gasteiger partial charge in [-0.1, -0.05) is 24.3 Å². The van der Waals surface area contributed by atoms with Crippen molar-refractivity contribution in [1.82, 2.24) is 5.43 Å². The van der Waals surface area contributed by atoms with Crippen LogP contribution in [0.5, 0.6) is 11.5 Å². The van der Waals surface area contributed by atoms with Crippen molar-refractivity contribution in [3.8, 4) is 11.5 Å². The third kappa shape index (κ3) is 4.68. The molecule has 0 aliphatic heterocycles. The lowest BCUT2D eigenvalue weighted by Crippen LogP contribution is -2.26. The molecule has 2 aromatic rings. The molecule has 0 unspecified atom stereocenters. The molecule has 1 aliphatic rings. The van der Waals surface area contributed by atoms with Gasteiger partial charge in [0.2, 0.25) is 0 Å². The van der Waals surface area contributed by atoms with Crippen LogP contribution in [0.25, 0.3) is 0 Å². The van der Waals surface area contributed by atoms with Crippen LogP contribution in [0.15, 0.2) is 47.6 Å². The van der Waals surface area contributed by atoms with Crippen LogP contribution in [0, 0.1) is 0 Å². The van der Waals surface area contributed by atoms with Gasteiger partial charge < -0.3 is 15.2 Å². The lowest BCUT2D eigenvalue weighted by molar-refractivity contribution is 0.112. The first-order valence-electron chi connectivity index (χ1n) is 9.14. The number of ether oxygens (including phenoxy) is 2. The zero-order chi connectivity index (χ0) is 19.9. The smallest absolute Gasteiger partial charge is 0.332 e. The molecule has 0 atom stereocenters. The number of carbonyl (C=O) groups excluding carboxylic acids is 2. The summed E-state index contributed by atoms with van der Waals surface area (Å²) < 4.78 is 11.6. The minimum absolute atomic E-state index is 0.167. The van der Waals surface area contributed by atoms with E-state index in [-0.39, 0.29) is 6.10 Å². The summed E-state index contributed by atoms with van der Waals surface area (Å²) >= 11 is 0. The van der Waals surface area contributed by atoms with E-state index in [4.69, 9.17) is 15.2 Å². The molecule has 7 nitrogen and oxygen atoms in total. The number of hydrogen-bond acceptors (Lipinski definition) is 5. The predicted octanol–water partition coefficient (Wildman–Crippen LogP) is 3.25. The average molecular weight is 381 g/mol. The molecular formula is C21H23N3O4. The summed E-state index contributed by atoms with van der Waals surface area (Å²) in [5.74, 6) is 1.26. The highest BCUT2D eigenvalue weighted by Crippen LogP contribution is 2.33. The zero-order valence-corrected chi connectivity index (χ0v) is 15.7. The topological polar surface area (TPSA) is 103 Å². The second-order valence-electron chi connectivity index (χ2n) is 6.57. The summed E-state index contributed by atoms with van der Waals surface area (Å²) in [7, 11) is 1.60. The Kier molecular flexibility index (Phi) is 6.26. The largest absolute Gasteiger partial charge is 0.493 e. The van der Waals surface area contributed by atoms with Gasteiger partial charge in [-0.2, -0.15) is 5.10 Å². The Bertz CT molecular complexity index is 872. The monoisotopic (exact) mass is 381 g/mol. The van der Waals surface area contributed by atoms with Crippen LogP contribution < -0.4 is 20.6 Å². The van der Waals surface area contributed by atoms with Crippen molar-refractivity contribution in [2.45, 2.75) is 31.8 Å². The number of hydrogen-bond donors (Lipinski definition) is 2. The number of benzene rings is 2. The molecule has 0 radical (unpaired) electrons. The summed E-state index contributed by atoms with van der Waals surface area (Å²) in [5, 5.41) is 4.16. The Hall–Kier alpha value is -3.35. The fraction of sp³-hybridized carbons (Fsp3) is 0.286. The lowest BCUT2D eigenvalue weighted by Gasteiger charge is -2.17. The molecule has 1 fully saturated rings. The maximum atomic E-state index is 11.2. The molecule has 28 heavy (non-hydrogen) atoms. The molecule has 0 bridgehead atoms. The fourth-order valence-electron chi connectivity index (χ4n) is 3.23. The molecule has 0 aromatic heterocycles. The maximum Gasteiger partial charge on any atom is 0.332 e. The normalized spacial score (nSPS) is 14.5. The first-order valence-corrected chi connectivity index (χ1v) is 9.14. The minimum atomic E-state index is -0.766. The molecule has 0 heterocycles. The minimum Gasteiger partial charge on any atom is -0.493 e. The van der Waals surface area contributed by atoms with Crippen LogP contribution in [-0.2, 0) is 0 Å². The summed E-state index contributed by atoms with van der Waals surface area (Å²) in [6.07, 6.45) is 5.29. The third-order valence-corrected chi connectivity index (χ3v) is 4.63. The van der Waals surface area contributed by atoms with Gasteiger partial charge in [0, 0.05) is 16.7 Å². The number of primary amides is 1. The zero-order valence-electron chi connectivity index (χ0n) is 15.7. The Morgan fingerprint density at radius 1 is 1.11 bits per heavy atom. The molecule has 146 valence electrons. The molecule has 0 spiro atoms. The molecular weight excluding hydrogens is 358 g/mol. The second-order valence-corrected chi connectivity index (χ2v) is 6.57. The van der Waals surface area contributed by atoms with Crippen molar-refractivity contribution in [2.24, 2.45) is 10.8 Å². The average Bonchev–Trinajstić information content (AvgIpc) is 3.22. The molecule has 3 rings (SSSR count). The Labute approximate surface area is 163 Å². The number of aldehydes is 1. The number of amides is 2. The highest BCUT2D eigenvalue weighted by Gasteiger charge is 2.20. The van der Waals surface area contributed by atoms with Gasteiger partial charge in [-0.15, -0.1) is 0 Å². The molecule has 0 saturated heterocycles. The summed E-state index contributed by atoms with van der Waals surface area (Å²) in [5.41, 5.74) is 9.94. The van der Waals surface area contributed by atoms with Crippen LogP contribution in [0.3, 0.4) is 0 Å². The number of carbonyl (C=O) groups is 2. The van der Waals surface area contributed by atoms with E-state index in [1.165, 1.54) is 0 Å². The first-order chi connectivity index (χ1) is 13.6. The van der Waals surface area contributed by atoms with Crippen LogP contribution in [-0.4, -0.2) is 31.2 Å². The number of rotatable bonds is 7. The van der Waals surface area contributed by atoms with Gasteiger partial charge in [-0.3, -0.25) is 4.79 Å². The lowest BCUT2D eigenvalue weighted by atomic mass is 10.0. The number of nitrogens with one attached hydrogen (secondary N) is 1. The molecule has 2 amide bonds. The highest BCUT2D eigenvalue weighted by molar-refractivity contribution is 6.13. The van der Waals surface area contributed by atoms with E-state index in [0.29, 0.717) is 22.8 Å². The Balaban J connectivity index is 1.99. The molecule has 1 saturated carbocycles. The summed E-state index contributed by atoms with van der Waals surface area (Å²) in [6.45, 7) is 0. The summed E-state index contributed by atoms with van der Waals surface area (Å²) in [4.78, 5) is 22.1. The van der Waals surface area contributed by atoms with Gasteiger partial charge >= 0.3 is 6.03 Å². The van der Waals surface area contributed by atoms with Crippen molar-refractivity contribution >= 4 is 18.0 Å². The van der Waals surface area contributed by atoms with Crippen LogP contribution in [0.4, 0.5) is 4.79 Å². The van der Waals surface area contributed by atoms with Crippen molar-refractivity contribution < 1.29 is 19.1 Å². The molecule has 3 N–H and O–H groups in total. The van der Waals surface area contributed by atoms with E-state index < -0.39 is 6.03 Å². The van der Waals surface area contributed by atoms with Gasteiger partial charge in [0.15, 0.2) is 11.5 Å². The second kappa shape index (κ2) is 9.03. The van der Waals surface area contributed by atoms with E-state index >= 15 is 0 Å². The fourth-order valence-corrected chi connectivity index (χ4v) is 3.23. The van der Waals surface area contributed by atoms with Crippen LogP contribution in [0.2, 0.25) is 0 Å². The number of hydrazone groups is 1. The quantitative estimate of drug-likeness (QED) is 0.436. The Morgan fingerprint density at radius 2 is 1.79 bits per heavy atom. The molecule has 2 aromatic carbocycles. The van der Waals surface area contributed by atoms with Gasteiger partial charge in [0.1, 0.15) is 6.29 Å². The van der Waals surface area contributed by atoms with Gasteiger partial charge in [0.25, 0.3) is 0 Å². The molecule has 7 heteroatoms. The number of nitrogens with two attached hydrogens (primary N) is 1. The molecule has 1 aliphatic carbocycles. The van der Waals surface area contributed by atoms with Crippen molar-refractivity contribution in [2.75, 3.05) is 7.11 Å². The number of methoxy groups -OCH3 is 1.